The summed E-state index contributed by atoms with van der Waals surface area (Å²) < 4.78 is 11.1. The first-order valence-electron chi connectivity index (χ1n) is 11.6. The van der Waals surface area contributed by atoms with E-state index < -0.39 is 0 Å². The molecule has 0 aliphatic heterocycles. The van der Waals surface area contributed by atoms with Crippen molar-refractivity contribution < 1.29 is 5.94 Å². The highest BCUT2D eigenvalue weighted by atomic mass is 14.9. The third-order valence-electron chi connectivity index (χ3n) is 6.88. The smallest absolute Gasteiger partial charge is 0.198 e. The van der Waals surface area contributed by atoms with Gasteiger partial charge in [-0.3, -0.25) is 0 Å². The predicted molar refractivity (Wildman–Crippen MR) is 127 cm³/mol. The fourth-order valence-corrected chi connectivity index (χ4v) is 5.03. The van der Waals surface area contributed by atoms with Gasteiger partial charge >= 0.3 is 0 Å². The summed E-state index contributed by atoms with van der Waals surface area (Å²) in [6, 6.07) is 24.9. The molecule has 1 aliphatic rings. The lowest BCUT2D eigenvalue weighted by atomic mass is 9.91. The Balaban J connectivity index is 1.75. The molecule has 0 radical (unpaired) electrons. The van der Waals surface area contributed by atoms with Crippen molar-refractivity contribution in [2.45, 2.75) is 45.4 Å². The summed E-state index contributed by atoms with van der Waals surface area (Å²) in [5, 5.41) is 2.26. The SMILES string of the molecule is [2H]c1c(C)[n+](C)c(-c2cc(-c3ccccc3)ccc2C)c2ccc(C3CCCC3)cc12. The third-order valence-corrected chi connectivity index (χ3v) is 6.88. The van der Waals surface area contributed by atoms with E-state index in [4.69, 9.17) is 1.37 Å². The highest BCUT2D eigenvalue weighted by Gasteiger charge is 2.22. The molecule has 1 aliphatic carbocycles. The zero-order valence-corrected chi connectivity index (χ0v) is 18.2. The molecule has 0 bridgehead atoms. The Bertz CT molecular complexity index is 1270. The molecule has 150 valence electrons. The first kappa shape index (κ1) is 17.9. The summed E-state index contributed by atoms with van der Waals surface area (Å²) in [4.78, 5) is 0. The van der Waals surface area contributed by atoms with Crippen LogP contribution < -0.4 is 4.57 Å². The molecule has 1 fully saturated rings. The molecule has 0 atom stereocenters. The normalized spacial score (nSPS) is 15.0. The molecule has 4 aromatic rings. The van der Waals surface area contributed by atoms with Crippen molar-refractivity contribution in [2.75, 3.05) is 0 Å². The van der Waals surface area contributed by atoms with Gasteiger partial charge in [-0.2, -0.15) is 4.57 Å². The van der Waals surface area contributed by atoms with E-state index in [2.05, 4.69) is 92.2 Å². The van der Waals surface area contributed by atoms with Crippen molar-refractivity contribution in [3.8, 4) is 22.4 Å². The van der Waals surface area contributed by atoms with Gasteiger partial charge in [0.2, 0.25) is 5.69 Å². The summed E-state index contributed by atoms with van der Waals surface area (Å²) in [5.41, 5.74) is 8.58. The molecule has 0 unspecified atom stereocenters. The second-order valence-electron chi connectivity index (χ2n) is 8.80. The van der Waals surface area contributed by atoms with Gasteiger partial charge in [-0.25, -0.2) is 0 Å². The number of hydrogen-bond acceptors (Lipinski definition) is 0. The van der Waals surface area contributed by atoms with Crippen LogP contribution in [0.4, 0.5) is 0 Å². The van der Waals surface area contributed by atoms with Gasteiger partial charge in [-0.15, -0.1) is 0 Å². The molecule has 1 heteroatoms. The summed E-state index contributed by atoms with van der Waals surface area (Å²) in [6.45, 7) is 4.26. The van der Waals surface area contributed by atoms with E-state index in [1.54, 1.807) is 0 Å². The number of benzene rings is 3. The van der Waals surface area contributed by atoms with Crippen LogP contribution in [-0.2, 0) is 7.05 Å². The number of rotatable bonds is 3. The minimum Gasteiger partial charge on any atom is -0.198 e. The fourth-order valence-electron chi connectivity index (χ4n) is 5.03. The van der Waals surface area contributed by atoms with Gasteiger partial charge in [0, 0.05) is 13.0 Å². The van der Waals surface area contributed by atoms with Crippen molar-refractivity contribution in [3.63, 3.8) is 0 Å². The van der Waals surface area contributed by atoms with E-state index in [9.17, 15) is 0 Å². The largest absolute Gasteiger partial charge is 0.220 e. The molecule has 0 spiro atoms. The summed E-state index contributed by atoms with van der Waals surface area (Å²) in [7, 11) is 2.10. The molecule has 1 heterocycles. The molecule has 0 N–H and O–H groups in total. The van der Waals surface area contributed by atoms with E-state index in [1.807, 2.05) is 0 Å². The molecule has 30 heavy (non-hydrogen) atoms. The third kappa shape index (κ3) is 3.33. The maximum Gasteiger partial charge on any atom is 0.220 e. The van der Waals surface area contributed by atoms with Crippen LogP contribution in [0, 0.1) is 13.8 Å². The number of aryl methyl sites for hydroxylation is 1. The van der Waals surface area contributed by atoms with Gasteiger partial charge < -0.3 is 0 Å². The summed E-state index contributed by atoms with van der Waals surface area (Å²) >= 11 is 0. The Morgan fingerprint density at radius 2 is 1.63 bits per heavy atom. The average molecular weight is 394 g/mol. The first-order valence-corrected chi connectivity index (χ1v) is 11.1. The lowest BCUT2D eigenvalue weighted by molar-refractivity contribution is -0.665. The molecule has 1 aromatic heterocycles. The van der Waals surface area contributed by atoms with Crippen LogP contribution in [0.2, 0.25) is 0 Å². The van der Waals surface area contributed by atoms with Crippen molar-refractivity contribution in [1.29, 1.82) is 0 Å². The predicted octanol–water partition coefficient (Wildman–Crippen LogP) is 7.27. The molecule has 1 saturated carbocycles. The lowest BCUT2D eigenvalue weighted by Crippen LogP contribution is -2.35. The van der Waals surface area contributed by atoms with E-state index in [1.165, 1.54) is 64.6 Å². The highest BCUT2D eigenvalue weighted by molar-refractivity contribution is 5.95. The molecule has 3 aromatic carbocycles. The van der Waals surface area contributed by atoms with Crippen LogP contribution >= 0.6 is 0 Å². The lowest BCUT2D eigenvalue weighted by Gasteiger charge is -2.14. The molecule has 0 amide bonds. The molecular formula is C29H30N+. The topological polar surface area (TPSA) is 3.88 Å². The summed E-state index contributed by atoms with van der Waals surface area (Å²) in [5.74, 6) is 0.657. The average Bonchev–Trinajstić information content (AvgIpc) is 3.34. The van der Waals surface area contributed by atoms with Crippen molar-refractivity contribution in [2.24, 2.45) is 7.05 Å². The van der Waals surface area contributed by atoms with E-state index in [0.29, 0.717) is 12.0 Å². The Kier molecular flexibility index (Phi) is 4.60. The quantitative estimate of drug-likeness (QED) is 0.322. The Hall–Kier alpha value is -2.93. The monoisotopic (exact) mass is 393 g/mol. The Morgan fingerprint density at radius 1 is 0.867 bits per heavy atom. The summed E-state index contributed by atoms with van der Waals surface area (Å²) in [6.07, 6.45) is 5.22. The highest BCUT2D eigenvalue weighted by Crippen LogP contribution is 2.37. The van der Waals surface area contributed by atoms with Crippen LogP contribution in [0.3, 0.4) is 0 Å². The van der Waals surface area contributed by atoms with Crippen molar-refractivity contribution in [3.05, 3.63) is 89.6 Å². The fraction of sp³-hybridized carbons (Fsp3) is 0.276. The van der Waals surface area contributed by atoms with Crippen LogP contribution in [0.15, 0.2) is 72.8 Å². The van der Waals surface area contributed by atoms with Crippen LogP contribution in [-0.4, -0.2) is 0 Å². The van der Waals surface area contributed by atoms with Crippen molar-refractivity contribution >= 4 is 10.8 Å². The number of pyridine rings is 1. The van der Waals surface area contributed by atoms with E-state index in [0.717, 1.165) is 11.1 Å². The van der Waals surface area contributed by atoms with Gasteiger partial charge in [0.05, 0.1) is 12.3 Å². The second kappa shape index (κ2) is 7.72. The van der Waals surface area contributed by atoms with Gasteiger partial charge in [0.25, 0.3) is 0 Å². The minimum absolute atomic E-state index is 0.651. The van der Waals surface area contributed by atoms with Gasteiger partial charge in [-0.1, -0.05) is 67.4 Å². The number of fused-ring (bicyclic) bond motifs is 1. The van der Waals surface area contributed by atoms with Crippen LogP contribution in [0.5, 0.6) is 0 Å². The minimum atomic E-state index is 0.651. The van der Waals surface area contributed by atoms with Gasteiger partial charge in [0.1, 0.15) is 7.05 Å². The van der Waals surface area contributed by atoms with E-state index in [-0.39, 0.29) is 0 Å². The number of hydrogen-bond donors (Lipinski definition) is 0. The maximum absolute atomic E-state index is 8.87. The first-order chi connectivity index (χ1) is 15.0. The standard InChI is InChI=1S/C29H30N/c1-20-13-14-25(23-9-5-4-6-10-23)19-28(20)29-27-16-15-24(22-11-7-8-12-22)18-26(27)17-21(2)30(29)3/h4-6,9-10,13-19,22H,7-8,11-12H2,1-3H3/q+1/i17D. The zero-order valence-electron chi connectivity index (χ0n) is 19.2. The number of nitrogens with zero attached hydrogens (tertiary/aromatic N) is 1. The molecule has 5 rings (SSSR count). The van der Waals surface area contributed by atoms with Gasteiger partial charge in [0.15, 0.2) is 5.69 Å². The van der Waals surface area contributed by atoms with Crippen molar-refractivity contribution in [1.82, 2.24) is 0 Å². The van der Waals surface area contributed by atoms with Crippen LogP contribution in [0.1, 0.15) is 49.8 Å². The molecule has 0 saturated heterocycles. The van der Waals surface area contributed by atoms with Crippen LogP contribution in [0.25, 0.3) is 33.2 Å². The Labute approximate surface area is 181 Å². The molecular weight excluding hydrogens is 362 g/mol. The zero-order chi connectivity index (χ0) is 21.5. The maximum atomic E-state index is 8.87. The van der Waals surface area contributed by atoms with Gasteiger partial charge in [-0.05, 0) is 65.5 Å². The second-order valence-corrected chi connectivity index (χ2v) is 8.80. The number of aromatic nitrogens is 1. The molecule has 1 nitrogen and oxygen atoms in total. The van der Waals surface area contributed by atoms with E-state index >= 15 is 0 Å². The Morgan fingerprint density at radius 3 is 2.40 bits per heavy atom.